The van der Waals surface area contributed by atoms with E-state index in [1.807, 2.05) is 31.3 Å². The third-order valence-corrected chi connectivity index (χ3v) is 2.62. The molecule has 0 aromatic carbocycles. The lowest BCUT2D eigenvalue weighted by Crippen LogP contribution is -2.02. The minimum atomic E-state index is 0.0225. The summed E-state index contributed by atoms with van der Waals surface area (Å²) in [6, 6.07) is 5.72. The Balaban J connectivity index is 2.41. The lowest BCUT2D eigenvalue weighted by molar-refractivity contribution is 0.281. The maximum Gasteiger partial charge on any atom is 0.153 e. The Bertz CT molecular complexity index is 517. The van der Waals surface area contributed by atoms with Crippen molar-refractivity contribution < 1.29 is 5.11 Å². The van der Waals surface area contributed by atoms with Crippen LogP contribution in [0.15, 0.2) is 24.4 Å². The van der Waals surface area contributed by atoms with E-state index in [1.165, 1.54) is 0 Å². The van der Waals surface area contributed by atoms with Crippen LogP contribution in [-0.2, 0) is 6.61 Å². The second kappa shape index (κ2) is 4.67. The molecule has 0 aliphatic rings. The highest BCUT2D eigenvalue weighted by atomic mass is 16.3. The molecule has 0 bridgehead atoms. The van der Waals surface area contributed by atoms with Gasteiger partial charge in [-0.1, -0.05) is 13.8 Å². The maximum absolute atomic E-state index is 9.17. The Morgan fingerprint density at radius 2 is 2.12 bits per heavy atom. The second-order valence-corrected chi connectivity index (χ2v) is 4.47. The van der Waals surface area contributed by atoms with Crippen LogP contribution in [0.3, 0.4) is 0 Å². The van der Waals surface area contributed by atoms with Crippen molar-refractivity contribution in [3.63, 3.8) is 0 Å². The predicted octanol–water partition coefficient (Wildman–Crippen LogP) is 2.19. The molecular formula is C13H17N3O. The van der Waals surface area contributed by atoms with Crippen LogP contribution in [0.25, 0.3) is 5.82 Å². The second-order valence-electron chi connectivity index (χ2n) is 4.47. The number of aromatic nitrogens is 3. The van der Waals surface area contributed by atoms with Gasteiger partial charge in [0, 0.05) is 11.9 Å². The summed E-state index contributed by atoms with van der Waals surface area (Å²) >= 11 is 0. The Morgan fingerprint density at radius 1 is 1.35 bits per heavy atom. The fourth-order valence-electron chi connectivity index (χ4n) is 1.70. The molecule has 2 rings (SSSR count). The topological polar surface area (TPSA) is 50.9 Å². The summed E-state index contributed by atoms with van der Waals surface area (Å²) in [6.07, 6.45) is 1.90. The molecule has 0 saturated heterocycles. The molecule has 0 fully saturated rings. The summed E-state index contributed by atoms with van der Waals surface area (Å²) < 4.78 is 1.75. The van der Waals surface area contributed by atoms with E-state index < -0.39 is 0 Å². The molecule has 0 radical (unpaired) electrons. The third kappa shape index (κ3) is 2.53. The number of pyridine rings is 1. The first-order valence-corrected chi connectivity index (χ1v) is 5.74. The van der Waals surface area contributed by atoms with Crippen molar-refractivity contribution in [3.05, 3.63) is 41.3 Å². The standard InChI is InChI=1S/C13H17N3O/c1-9(2)12-4-5-16(15-12)13-7-11(8-17)6-10(3)14-13/h4-7,9,17H,8H2,1-3H3. The minimum Gasteiger partial charge on any atom is -0.392 e. The molecule has 2 aromatic heterocycles. The van der Waals surface area contributed by atoms with E-state index in [1.54, 1.807) is 4.68 Å². The average Bonchev–Trinajstić information content (AvgIpc) is 2.77. The minimum absolute atomic E-state index is 0.0225. The largest absolute Gasteiger partial charge is 0.392 e. The highest BCUT2D eigenvalue weighted by Gasteiger charge is 2.06. The van der Waals surface area contributed by atoms with Crippen molar-refractivity contribution in [1.29, 1.82) is 0 Å². The van der Waals surface area contributed by atoms with E-state index in [4.69, 9.17) is 5.11 Å². The number of aryl methyl sites for hydroxylation is 1. The number of hydrogen-bond acceptors (Lipinski definition) is 3. The molecule has 4 heteroatoms. The molecule has 0 aliphatic heterocycles. The van der Waals surface area contributed by atoms with Gasteiger partial charge >= 0.3 is 0 Å². The number of aliphatic hydroxyl groups excluding tert-OH is 1. The lowest BCUT2D eigenvalue weighted by atomic mass is 10.1. The van der Waals surface area contributed by atoms with Gasteiger partial charge in [-0.25, -0.2) is 9.67 Å². The smallest absolute Gasteiger partial charge is 0.153 e. The van der Waals surface area contributed by atoms with Gasteiger partial charge in [0.05, 0.1) is 12.3 Å². The van der Waals surface area contributed by atoms with E-state index in [9.17, 15) is 0 Å². The zero-order valence-corrected chi connectivity index (χ0v) is 10.4. The zero-order valence-electron chi connectivity index (χ0n) is 10.4. The molecule has 0 unspecified atom stereocenters. The van der Waals surface area contributed by atoms with Crippen molar-refractivity contribution >= 4 is 0 Å². The van der Waals surface area contributed by atoms with Gasteiger partial charge in [-0.3, -0.25) is 0 Å². The Hall–Kier alpha value is -1.68. The molecule has 4 nitrogen and oxygen atoms in total. The molecule has 90 valence electrons. The fourth-order valence-corrected chi connectivity index (χ4v) is 1.70. The van der Waals surface area contributed by atoms with Gasteiger partial charge in [0.2, 0.25) is 0 Å². The molecule has 1 N–H and O–H groups in total. The predicted molar refractivity (Wildman–Crippen MR) is 66.1 cm³/mol. The quantitative estimate of drug-likeness (QED) is 0.881. The van der Waals surface area contributed by atoms with Crippen LogP contribution < -0.4 is 0 Å². The van der Waals surface area contributed by atoms with Crippen LogP contribution >= 0.6 is 0 Å². The van der Waals surface area contributed by atoms with Gasteiger partial charge in [-0.05, 0) is 36.6 Å². The summed E-state index contributed by atoms with van der Waals surface area (Å²) in [5.41, 5.74) is 2.78. The monoisotopic (exact) mass is 231 g/mol. The van der Waals surface area contributed by atoms with E-state index in [0.29, 0.717) is 5.92 Å². The van der Waals surface area contributed by atoms with Gasteiger partial charge in [-0.2, -0.15) is 5.10 Å². The first-order valence-electron chi connectivity index (χ1n) is 5.74. The molecule has 0 saturated carbocycles. The number of aliphatic hydroxyl groups is 1. The summed E-state index contributed by atoms with van der Waals surface area (Å²) in [4.78, 5) is 4.41. The Kier molecular flexibility index (Phi) is 3.24. The van der Waals surface area contributed by atoms with Crippen LogP contribution in [-0.4, -0.2) is 19.9 Å². The summed E-state index contributed by atoms with van der Waals surface area (Å²) in [5.74, 6) is 1.15. The van der Waals surface area contributed by atoms with Gasteiger partial charge in [0.1, 0.15) is 0 Å². The highest BCUT2D eigenvalue weighted by Crippen LogP contribution is 2.14. The van der Waals surface area contributed by atoms with Gasteiger partial charge < -0.3 is 5.11 Å². The average molecular weight is 231 g/mol. The molecule has 0 amide bonds. The molecule has 0 spiro atoms. The fraction of sp³-hybridized carbons (Fsp3) is 0.385. The normalized spacial score (nSPS) is 11.1. The number of hydrogen-bond donors (Lipinski definition) is 1. The van der Waals surface area contributed by atoms with Crippen LogP contribution in [0.5, 0.6) is 0 Å². The molecule has 17 heavy (non-hydrogen) atoms. The maximum atomic E-state index is 9.17. The molecule has 0 aliphatic carbocycles. The zero-order chi connectivity index (χ0) is 12.4. The van der Waals surface area contributed by atoms with Crippen LogP contribution in [0.1, 0.15) is 36.7 Å². The van der Waals surface area contributed by atoms with Crippen molar-refractivity contribution in [3.8, 4) is 5.82 Å². The summed E-state index contributed by atoms with van der Waals surface area (Å²) in [6.45, 7) is 6.15. The molecule has 2 aromatic rings. The van der Waals surface area contributed by atoms with Gasteiger partial charge in [-0.15, -0.1) is 0 Å². The van der Waals surface area contributed by atoms with Crippen molar-refractivity contribution in [1.82, 2.24) is 14.8 Å². The SMILES string of the molecule is Cc1cc(CO)cc(-n2ccc(C(C)C)n2)n1. The van der Waals surface area contributed by atoms with E-state index in [-0.39, 0.29) is 6.61 Å². The van der Waals surface area contributed by atoms with Crippen molar-refractivity contribution in [2.24, 2.45) is 0 Å². The Morgan fingerprint density at radius 3 is 2.71 bits per heavy atom. The summed E-state index contributed by atoms with van der Waals surface area (Å²) in [7, 11) is 0. The van der Waals surface area contributed by atoms with Crippen molar-refractivity contribution in [2.45, 2.75) is 33.3 Å². The summed E-state index contributed by atoms with van der Waals surface area (Å²) in [5, 5.41) is 13.6. The van der Waals surface area contributed by atoms with Gasteiger partial charge in [0.15, 0.2) is 5.82 Å². The van der Waals surface area contributed by atoms with Crippen LogP contribution in [0.2, 0.25) is 0 Å². The molecule has 2 heterocycles. The molecule has 0 atom stereocenters. The number of rotatable bonds is 3. The van der Waals surface area contributed by atoms with Crippen LogP contribution in [0.4, 0.5) is 0 Å². The Labute approximate surface area is 101 Å². The van der Waals surface area contributed by atoms with E-state index >= 15 is 0 Å². The lowest BCUT2D eigenvalue weighted by Gasteiger charge is -2.05. The van der Waals surface area contributed by atoms with Crippen molar-refractivity contribution in [2.75, 3.05) is 0 Å². The highest BCUT2D eigenvalue weighted by molar-refractivity contribution is 5.30. The third-order valence-electron chi connectivity index (χ3n) is 2.62. The van der Waals surface area contributed by atoms with E-state index in [0.717, 1.165) is 22.8 Å². The van der Waals surface area contributed by atoms with Gasteiger partial charge in [0.25, 0.3) is 0 Å². The van der Waals surface area contributed by atoms with E-state index in [2.05, 4.69) is 23.9 Å². The first kappa shape index (κ1) is 11.8. The number of nitrogens with zero attached hydrogens (tertiary/aromatic N) is 3. The van der Waals surface area contributed by atoms with Crippen LogP contribution in [0, 0.1) is 6.92 Å². The first-order chi connectivity index (χ1) is 8.10. The molecular weight excluding hydrogens is 214 g/mol.